The topological polar surface area (TPSA) is 72.6 Å². The van der Waals surface area contributed by atoms with Gasteiger partial charge in [-0.15, -0.1) is 0 Å². The van der Waals surface area contributed by atoms with E-state index in [2.05, 4.69) is 5.16 Å². The Morgan fingerprint density at radius 3 is 2.73 bits per heavy atom. The average Bonchev–Trinajstić information content (AvgIpc) is 2.82. The SMILES string of the molecule is COC1CCC(C(=O)O)Cc2onc(-c3ccc(Cl)cc3)c21. The number of aliphatic carboxylic acids is 1. The lowest BCUT2D eigenvalue weighted by molar-refractivity contribution is -0.142. The van der Waals surface area contributed by atoms with Crippen molar-refractivity contribution in [2.75, 3.05) is 7.11 Å². The zero-order valence-electron chi connectivity index (χ0n) is 12.1. The quantitative estimate of drug-likeness (QED) is 0.872. The summed E-state index contributed by atoms with van der Waals surface area (Å²) < 4.78 is 11.0. The van der Waals surface area contributed by atoms with Crippen molar-refractivity contribution in [2.24, 2.45) is 5.92 Å². The van der Waals surface area contributed by atoms with E-state index in [4.69, 9.17) is 20.9 Å². The van der Waals surface area contributed by atoms with Gasteiger partial charge < -0.3 is 14.4 Å². The van der Waals surface area contributed by atoms with Gasteiger partial charge in [0.05, 0.1) is 17.6 Å². The van der Waals surface area contributed by atoms with Gasteiger partial charge in [-0.25, -0.2) is 0 Å². The molecular weight excluding hydrogens is 306 g/mol. The van der Waals surface area contributed by atoms with E-state index in [0.29, 0.717) is 35.7 Å². The standard InChI is InChI=1S/C16H16ClNO4/c1-21-12-7-4-10(16(19)20)8-13-14(12)15(18-22-13)9-2-5-11(17)6-3-9/h2-3,5-6,10,12H,4,7-8H2,1H3,(H,19,20). The summed E-state index contributed by atoms with van der Waals surface area (Å²) in [5, 5.41) is 14.1. The first-order valence-corrected chi connectivity index (χ1v) is 7.48. The number of carboxylic acids is 1. The van der Waals surface area contributed by atoms with Gasteiger partial charge in [-0.05, 0) is 25.0 Å². The lowest BCUT2D eigenvalue weighted by Gasteiger charge is -2.14. The molecule has 0 fully saturated rings. The fraction of sp³-hybridized carbons (Fsp3) is 0.375. The number of carboxylic acid groups (broad SMARTS) is 1. The fourth-order valence-corrected chi connectivity index (χ4v) is 3.02. The van der Waals surface area contributed by atoms with Crippen LogP contribution >= 0.6 is 11.6 Å². The van der Waals surface area contributed by atoms with Crippen LogP contribution in [0.25, 0.3) is 11.3 Å². The third-order valence-corrected chi connectivity index (χ3v) is 4.34. The van der Waals surface area contributed by atoms with Crippen molar-refractivity contribution in [3.63, 3.8) is 0 Å². The number of nitrogens with zero attached hydrogens (tertiary/aromatic N) is 1. The summed E-state index contributed by atoms with van der Waals surface area (Å²) in [5.74, 6) is -0.682. The summed E-state index contributed by atoms with van der Waals surface area (Å²) in [6.45, 7) is 0. The van der Waals surface area contributed by atoms with Crippen molar-refractivity contribution in [1.82, 2.24) is 5.16 Å². The summed E-state index contributed by atoms with van der Waals surface area (Å²) in [5.41, 5.74) is 2.43. The first kappa shape index (κ1) is 15.1. The predicted octanol–water partition coefficient (Wildman–Crippen LogP) is 3.72. The summed E-state index contributed by atoms with van der Waals surface area (Å²) in [6, 6.07) is 7.31. The van der Waals surface area contributed by atoms with E-state index in [0.717, 1.165) is 11.1 Å². The van der Waals surface area contributed by atoms with Crippen LogP contribution in [0.3, 0.4) is 0 Å². The molecule has 2 unspecified atom stereocenters. The van der Waals surface area contributed by atoms with E-state index in [9.17, 15) is 9.90 Å². The van der Waals surface area contributed by atoms with E-state index in [-0.39, 0.29) is 6.10 Å². The third-order valence-electron chi connectivity index (χ3n) is 4.09. The number of fused-ring (bicyclic) bond motifs is 1. The maximum atomic E-state index is 11.3. The van der Waals surface area contributed by atoms with Gasteiger partial charge in [0.1, 0.15) is 11.5 Å². The number of aromatic nitrogens is 1. The van der Waals surface area contributed by atoms with Gasteiger partial charge in [0.15, 0.2) is 0 Å². The van der Waals surface area contributed by atoms with Gasteiger partial charge in [-0.1, -0.05) is 28.9 Å². The molecule has 1 aromatic heterocycles. The summed E-state index contributed by atoms with van der Waals surface area (Å²) in [4.78, 5) is 11.3. The highest BCUT2D eigenvalue weighted by Crippen LogP contribution is 2.39. The maximum absolute atomic E-state index is 11.3. The molecule has 0 saturated carbocycles. The first-order valence-electron chi connectivity index (χ1n) is 7.10. The highest BCUT2D eigenvalue weighted by atomic mass is 35.5. The fourth-order valence-electron chi connectivity index (χ4n) is 2.90. The second-order valence-electron chi connectivity index (χ2n) is 5.42. The molecule has 22 heavy (non-hydrogen) atoms. The molecule has 2 aromatic rings. The number of hydrogen-bond acceptors (Lipinski definition) is 4. The highest BCUT2D eigenvalue weighted by molar-refractivity contribution is 6.30. The number of carbonyl (C=O) groups is 1. The Balaban J connectivity index is 2.05. The molecule has 3 rings (SSSR count). The van der Waals surface area contributed by atoms with Crippen LogP contribution < -0.4 is 0 Å². The normalized spacial score (nSPS) is 21.2. The van der Waals surface area contributed by atoms with Crippen LogP contribution in [0.4, 0.5) is 0 Å². The highest BCUT2D eigenvalue weighted by Gasteiger charge is 2.33. The first-order chi connectivity index (χ1) is 10.6. The predicted molar refractivity (Wildman–Crippen MR) is 80.8 cm³/mol. The molecule has 6 heteroatoms. The second kappa shape index (κ2) is 6.10. The minimum absolute atomic E-state index is 0.212. The Bertz CT molecular complexity index is 680. The average molecular weight is 322 g/mol. The van der Waals surface area contributed by atoms with Gasteiger partial charge in [-0.2, -0.15) is 0 Å². The molecule has 0 spiro atoms. The zero-order valence-corrected chi connectivity index (χ0v) is 12.8. The Labute approximate surface area is 132 Å². The van der Waals surface area contributed by atoms with Gasteiger partial charge in [0.25, 0.3) is 0 Å². The number of methoxy groups -OCH3 is 1. The van der Waals surface area contributed by atoms with Crippen molar-refractivity contribution in [3.8, 4) is 11.3 Å². The van der Waals surface area contributed by atoms with E-state index < -0.39 is 11.9 Å². The Morgan fingerprint density at radius 2 is 2.09 bits per heavy atom. The molecule has 0 amide bonds. The van der Waals surface area contributed by atoms with Crippen molar-refractivity contribution in [1.29, 1.82) is 0 Å². The number of benzene rings is 1. The van der Waals surface area contributed by atoms with Crippen LogP contribution in [0.2, 0.25) is 5.02 Å². The van der Waals surface area contributed by atoms with Gasteiger partial charge in [-0.3, -0.25) is 4.79 Å². The van der Waals surface area contributed by atoms with Crippen LogP contribution in [0.15, 0.2) is 28.8 Å². The molecule has 1 aliphatic rings. The van der Waals surface area contributed by atoms with Crippen molar-refractivity contribution in [3.05, 3.63) is 40.6 Å². The maximum Gasteiger partial charge on any atom is 0.306 e. The molecule has 0 bridgehead atoms. The number of hydrogen-bond donors (Lipinski definition) is 1. The Hall–Kier alpha value is -1.85. The third kappa shape index (κ3) is 2.74. The Morgan fingerprint density at radius 1 is 1.36 bits per heavy atom. The van der Waals surface area contributed by atoms with Gasteiger partial charge in [0, 0.05) is 24.1 Å². The molecule has 1 N–H and O–H groups in total. The van der Waals surface area contributed by atoms with Crippen molar-refractivity contribution >= 4 is 17.6 Å². The summed E-state index contributed by atoms with van der Waals surface area (Å²) in [7, 11) is 1.62. The van der Waals surface area contributed by atoms with E-state index in [1.807, 2.05) is 12.1 Å². The number of ether oxygens (including phenoxy) is 1. The second-order valence-corrected chi connectivity index (χ2v) is 5.85. The van der Waals surface area contributed by atoms with Crippen LogP contribution in [0, 0.1) is 5.92 Å². The van der Waals surface area contributed by atoms with E-state index >= 15 is 0 Å². The number of rotatable bonds is 3. The molecule has 1 aliphatic carbocycles. The lowest BCUT2D eigenvalue weighted by atomic mass is 10.0. The van der Waals surface area contributed by atoms with E-state index in [1.165, 1.54) is 0 Å². The van der Waals surface area contributed by atoms with Crippen LogP contribution in [-0.2, 0) is 16.0 Å². The molecular formula is C16H16ClNO4. The molecule has 1 aromatic carbocycles. The molecule has 0 saturated heterocycles. The molecule has 1 heterocycles. The molecule has 0 radical (unpaired) electrons. The zero-order chi connectivity index (χ0) is 15.7. The van der Waals surface area contributed by atoms with Gasteiger partial charge >= 0.3 is 5.97 Å². The smallest absolute Gasteiger partial charge is 0.306 e. The minimum Gasteiger partial charge on any atom is -0.481 e. The molecule has 0 aliphatic heterocycles. The van der Waals surface area contributed by atoms with E-state index in [1.54, 1.807) is 19.2 Å². The van der Waals surface area contributed by atoms with Gasteiger partial charge in [0.2, 0.25) is 0 Å². The number of halogens is 1. The molecule has 116 valence electrons. The van der Waals surface area contributed by atoms with Crippen molar-refractivity contribution in [2.45, 2.75) is 25.4 Å². The Kier molecular flexibility index (Phi) is 4.18. The van der Waals surface area contributed by atoms with Crippen LogP contribution in [0.1, 0.15) is 30.3 Å². The van der Waals surface area contributed by atoms with Crippen LogP contribution in [0.5, 0.6) is 0 Å². The summed E-state index contributed by atoms with van der Waals surface area (Å²) in [6.07, 6.45) is 1.31. The molecule has 2 atom stereocenters. The molecule has 5 nitrogen and oxygen atoms in total. The largest absolute Gasteiger partial charge is 0.481 e. The lowest BCUT2D eigenvalue weighted by Crippen LogP contribution is -2.15. The van der Waals surface area contributed by atoms with Crippen molar-refractivity contribution < 1.29 is 19.2 Å². The van der Waals surface area contributed by atoms with Crippen LogP contribution in [-0.4, -0.2) is 23.3 Å². The minimum atomic E-state index is -0.813. The monoisotopic (exact) mass is 321 g/mol. The summed E-state index contributed by atoms with van der Waals surface area (Å²) >= 11 is 5.92.